The van der Waals surface area contributed by atoms with Crippen LogP contribution in [0.5, 0.6) is 5.75 Å². The van der Waals surface area contributed by atoms with Crippen LogP contribution in [0.2, 0.25) is 10.0 Å². The summed E-state index contributed by atoms with van der Waals surface area (Å²) in [5, 5.41) is 1.21. The first-order valence-corrected chi connectivity index (χ1v) is 7.75. The zero-order valence-electron chi connectivity index (χ0n) is 9.84. The summed E-state index contributed by atoms with van der Waals surface area (Å²) in [4.78, 5) is 2.52. The zero-order chi connectivity index (χ0) is 13.3. The Morgan fingerprint density at radius 1 is 1.22 bits per heavy atom. The average molecular weight is 366 g/mol. The predicted molar refractivity (Wildman–Crippen MR) is 82.8 cm³/mol. The predicted octanol–water partition coefficient (Wildman–Crippen LogP) is 5.86. The highest BCUT2D eigenvalue weighted by molar-refractivity contribution is 9.09. The Balaban J connectivity index is 2.42. The van der Waals surface area contributed by atoms with Crippen molar-refractivity contribution in [2.45, 2.75) is 11.8 Å². The smallest absolute Gasteiger partial charge is 0.138 e. The molecule has 0 aliphatic heterocycles. The summed E-state index contributed by atoms with van der Waals surface area (Å²) in [5.41, 5.74) is 0.948. The van der Waals surface area contributed by atoms with E-state index in [1.54, 1.807) is 24.5 Å². The number of rotatable bonds is 3. The molecule has 2 aromatic rings. The summed E-state index contributed by atoms with van der Waals surface area (Å²) in [5.74, 6) is 0.590. The SMILES string of the molecule is COc1cc(Cl)c(C(Br)c2ccc(C)s2)cc1Cl. The van der Waals surface area contributed by atoms with Crippen LogP contribution in [0.1, 0.15) is 20.1 Å². The highest BCUT2D eigenvalue weighted by Crippen LogP contribution is 2.41. The van der Waals surface area contributed by atoms with Crippen molar-refractivity contribution in [2.24, 2.45) is 0 Å². The standard InChI is InChI=1S/C13H11BrCl2OS/c1-7-3-4-12(18-7)13(14)8-5-10(16)11(17-2)6-9(8)15/h3-6,13H,1-2H3. The summed E-state index contributed by atoms with van der Waals surface area (Å²) < 4.78 is 5.14. The number of halogens is 3. The van der Waals surface area contributed by atoms with Crippen molar-refractivity contribution in [3.8, 4) is 5.75 Å². The highest BCUT2D eigenvalue weighted by Gasteiger charge is 2.18. The lowest BCUT2D eigenvalue weighted by molar-refractivity contribution is 0.415. The van der Waals surface area contributed by atoms with Crippen molar-refractivity contribution in [2.75, 3.05) is 7.11 Å². The van der Waals surface area contributed by atoms with E-state index in [1.165, 1.54) is 9.75 Å². The fraction of sp³-hybridized carbons (Fsp3) is 0.231. The second-order valence-corrected chi connectivity index (χ2v) is 6.87. The molecule has 1 atom stereocenters. The van der Waals surface area contributed by atoms with E-state index in [0.29, 0.717) is 15.8 Å². The molecule has 0 fully saturated rings. The van der Waals surface area contributed by atoms with Crippen molar-refractivity contribution in [1.29, 1.82) is 0 Å². The van der Waals surface area contributed by atoms with Gasteiger partial charge in [-0.15, -0.1) is 11.3 Å². The van der Waals surface area contributed by atoms with E-state index in [4.69, 9.17) is 27.9 Å². The number of hydrogen-bond acceptors (Lipinski definition) is 2. The fourth-order valence-corrected chi connectivity index (χ4v) is 3.97. The Morgan fingerprint density at radius 3 is 2.50 bits per heavy atom. The molecule has 2 rings (SSSR count). The molecular weight excluding hydrogens is 355 g/mol. The minimum Gasteiger partial charge on any atom is -0.495 e. The molecule has 0 radical (unpaired) electrons. The van der Waals surface area contributed by atoms with Gasteiger partial charge in [-0.1, -0.05) is 39.1 Å². The zero-order valence-corrected chi connectivity index (χ0v) is 13.8. The van der Waals surface area contributed by atoms with Gasteiger partial charge in [0.2, 0.25) is 0 Å². The molecule has 0 spiro atoms. The first-order chi connectivity index (χ1) is 8.52. The molecule has 0 saturated heterocycles. The second kappa shape index (κ2) is 5.83. The van der Waals surface area contributed by atoms with Crippen molar-refractivity contribution in [3.05, 3.63) is 49.6 Å². The topological polar surface area (TPSA) is 9.23 Å². The van der Waals surface area contributed by atoms with Crippen LogP contribution in [0.15, 0.2) is 24.3 Å². The van der Waals surface area contributed by atoms with Gasteiger partial charge in [-0.05, 0) is 30.7 Å². The van der Waals surface area contributed by atoms with Crippen molar-refractivity contribution < 1.29 is 4.74 Å². The molecule has 1 aromatic carbocycles. The molecular formula is C13H11BrCl2OS. The van der Waals surface area contributed by atoms with Gasteiger partial charge >= 0.3 is 0 Å². The van der Waals surface area contributed by atoms with Gasteiger partial charge in [0.1, 0.15) is 5.75 Å². The van der Waals surface area contributed by atoms with Gasteiger partial charge in [0.05, 0.1) is 17.0 Å². The van der Waals surface area contributed by atoms with Crippen molar-refractivity contribution in [1.82, 2.24) is 0 Å². The van der Waals surface area contributed by atoms with Gasteiger partial charge in [0, 0.05) is 20.8 Å². The van der Waals surface area contributed by atoms with Crippen LogP contribution in [-0.4, -0.2) is 7.11 Å². The molecule has 0 aliphatic carbocycles. The minimum atomic E-state index is 0.0482. The van der Waals surface area contributed by atoms with Gasteiger partial charge in [-0.25, -0.2) is 0 Å². The summed E-state index contributed by atoms with van der Waals surface area (Å²) in [7, 11) is 1.57. The molecule has 5 heteroatoms. The number of ether oxygens (including phenoxy) is 1. The quantitative estimate of drug-likeness (QED) is 0.619. The summed E-state index contributed by atoms with van der Waals surface area (Å²) in [6.07, 6.45) is 0. The molecule has 18 heavy (non-hydrogen) atoms. The van der Waals surface area contributed by atoms with E-state index in [9.17, 15) is 0 Å². The van der Waals surface area contributed by atoms with E-state index >= 15 is 0 Å². The van der Waals surface area contributed by atoms with Gasteiger partial charge in [-0.3, -0.25) is 0 Å². The third kappa shape index (κ3) is 2.85. The lowest BCUT2D eigenvalue weighted by Gasteiger charge is -2.13. The summed E-state index contributed by atoms with van der Waals surface area (Å²) in [6.45, 7) is 2.08. The van der Waals surface area contributed by atoms with Crippen LogP contribution in [0.3, 0.4) is 0 Å². The number of alkyl halides is 1. The number of aryl methyl sites for hydroxylation is 1. The Kier molecular flexibility index (Phi) is 4.59. The molecule has 0 bridgehead atoms. The molecule has 96 valence electrons. The number of benzene rings is 1. The van der Waals surface area contributed by atoms with Crippen LogP contribution >= 0.6 is 50.5 Å². The van der Waals surface area contributed by atoms with Gasteiger partial charge in [0.25, 0.3) is 0 Å². The first-order valence-electron chi connectivity index (χ1n) is 5.26. The Bertz CT molecular complexity index is 568. The lowest BCUT2D eigenvalue weighted by atomic mass is 10.1. The third-order valence-electron chi connectivity index (χ3n) is 2.56. The van der Waals surface area contributed by atoms with Gasteiger partial charge < -0.3 is 4.74 Å². The number of hydrogen-bond donors (Lipinski definition) is 0. The van der Waals surface area contributed by atoms with E-state index in [0.717, 1.165) is 5.56 Å². The first kappa shape index (κ1) is 14.2. The highest BCUT2D eigenvalue weighted by atomic mass is 79.9. The lowest BCUT2D eigenvalue weighted by Crippen LogP contribution is -1.93. The maximum atomic E-state index is 6.27. The molecule has 0 N–H and O–H groups in total. The van der Waals surface area contributed by atoms with Gasteiger partial charge in [0.15, 0.2) is 0 Å². The normalized spacial score (nSPS) is 12.5. The Labute approximate surface area is 129 Å². The Morgan fingerprint density at radius 2 is 1.94 bits per heavy atom. The van der Waals surface area contributed by atoms with E-state index in [2.05, 4.69) is 35.0 Å². The maximum Gasteiger partial charge on any atom is 0.138 e. The van der Waals surface area contributed by atoms with Crippen molar-refractivity contribution in [3.63, 3.8) is 0 Å². The monoisotopic (exact) mass is 364 g/mol. The molecule has 1 unspecified atom stereocenters. The second-order valence-electron chi connectivity index (χ2n) is 3.82. The number of thiophene rings is 1. The summed E-state index contributed by atoms with van der Waals surface area (Å²) in [6, 6.07) is 7.77. The van der Waals surface area contributed by atoms with E-state index in [-0.39, 0.29) is 4.83 Å². The fourth-order valence-electron chi connectivity index (χ4n) is 1.64. The van der Waals surface area contributed by atoms with Crippen LogP contribution < -0.4 is 4.74 Å². The molecule has 1 aromatic heterocycles. The van der Waals surface area contributed by atoms with Gasteiger partial charge in [-0.2, -0.15) is 0 Å². The molecule has 0 saturated carbocycles. The Hall–Kier alpha value is -0.220. The van der Waals surface area contributed by atoms with Crippen LogP contribution in [0.4, 0.5) is 0 Å². The van der Waals surface area contributed by atoms with E-state index in [1.807, 2.05) is 6.07 Å². The van der Waals surface area contributed by atoms with E-state index < -0.39 is 0 Å². The maximum absolute atomic E-state index is 6.27. The van der Waals surface area contributed by atoms with Crippen molar-refractivity contribution >= 4 is 50.5 Å². The largest absolute Gasteiger partial charge is 0.495 e. The summed E-state index contributed by atoms with van der Waals surface area (Å²) >= 11 is 17.8. The molecule has 0 amide bonds. The average Bonchev–Trinajstić information content (AvgIpc) is 2.77. The third-order valence-corrected chi connectivity index (χ3v) is 5.53. The molecule has 1 heterocycles. The number of methoxy groups -OCH3 is 1. The minimum absolute atomic E-state index is 0.0482. The van der Waals surface area contributed by atoms with Crippen LogP contribution in [-0.2, 0) is 0 Å². The molecule has 1 nitrogen and oxygen atoms in total. The van der Waals surface area contributed by atoms with Crippen LogP contribution in [0, 0.1) is 6.92 Å². The van der Waals surface area contributed by atoms with Crippen LogP contribution in [0.25, 0.3) is 0 Å². The molecule has 0 aliphatic rings.